The highest BCUT2D eigenvalue weighted by Crippen LogP contribution is 2.37. The number of hydrogen-bond acceptors (Lipinski definition) is 4. The molecule has 1 aliphatic rings. The van der Waals surface area contributed by atoms with E-state index < -0.39 is 42.3 Å². The van der Waals surface area contributed by atoms with E-state index in [0.717, 1.165) is 19.8 Å². The predicted octanol–water partition coefficient (Wildman–Crippen LogP) is 5.24. The Morgan fingerprint density at radius 2 is 1.92 bits per heavy atom. The lowest BCUT2D eigenvalue weighted by atomic mass is 9.86. The third-order valence-corrected chi connectivity index (χ3v) is 7.52. The third kappa shape index (κ3) is 8.21. The second kappa shape index (κ2) is 13.2. The number of aryl methyl sites for hydroxylation is 1. The number of alkyl halides is 5. The molecule has 0 radical (unpaired) electrons. The van der Waals surface area contributed by atoms with Crippen molar-refractivity contribution in [1.82, 2.24) is 19.8 Å². The number of carbonyl (C=O) groups excluding carboxylic acids is 1. The largest absolute Gasteiger partial charge is 0.434 e. The molecular weight excluding hydrogens is 547 g/mol. The molecule has 0 spiro atoms. The minimum absolute atomic E-state index is 0.0550. The number of ether oxygens (including phenoxy) is 1. The van der Waals surface area contributed by atoms with Gasteiger partial charge in [-0.25, -0.2) is 8.93 Å². The van der Waals surface area contributed by atoms with Crippen LogP contribution >= 0.6 is 0 Å². The Labute approximate surface area is 226 Å². The standard InChI is InChI=1S/C25H33F5N4O4S/c1-4-34-22(19-10-7-17(11-14(2)25(28,29)30)12-20(19)38-24(26)27)15(3)21(32-34)23(35)31-13-16-5-8-18(9-6-16)33-39(36)37/h7,10,12,14,16,18,24,33H,4-6,8-9,11,13H2,1-3H3,(H,31,35)(H,36,37)/t14-,16?,18?/m0/s1. The molecule has 0 bridgehead atoms. The van der Waals surface area contributed by atoms with Gasteiger partial charge < -0.3 is 10.1 Å². The molecule has 3 rings (SSSR count). The van der Waals surface area contributed by atoms with Crippen molar-refractivity contribution in [2.75, 3.05) is 6.54 Å². The number of amides is 1. The summed E-state index contributed by atoms with van der Waals surface area (Å²) in [4.78, 5) is 13.0. The SMILES string of the molecule is CCn1nc(C(=O)NCC2CCC(NS(=O)O)CC2)c(C)c1-c1ccc(C[C@H](C)C(F)(F)F)cc1OC(F)F. The van der Waals surface area contributed by atoms with Gasteiger partial charge in [-0.15, -0.1) is 0 Å². The van der Waals surface area contributed by atoms with Gasteiger partial charge in [-0.05, 0) is 69.6 Å². The first-order valence-corrected chi connectivity index (χ1v) is 13.8. The van der Waals surface area contributed by atoms with Crippen molar-refractivity contribution in [3.8, 4) is 17.0 Å². The molecule has 1 fully saturated rings. The summed E-state index contributed by atoms with van der Waals surface area (Å²) in [5.74, 6) is -2.23. The van der Waals surface area contributed by atoms with E-state index >= 15 is 0 Å². The highest BCUT2D eigenvalue weighted by atomic mass is 32.2. The van der Waals surface area contributed by atoms with Crippen LogP contribution in [0.15, 0.2) is 18.2 Å². The van der Waals surface area contributed by atoms with Gasteiger partial charge in [0.15, 0.2) is 5.69 Å². The second-order valence-electron chi connectivity index (χ2n) is 9.79. The van der Waals surface area contributed by atoms with Crippen LogP contribution in [0, 0.1) is 18.8 Å². The van der Waals surface area contributed by atoms with E-state index in [9.17, 15) is 31.0 Å². The van der Waals surface area contributed by atoms with Gasteiger partial charge in [-0.3, -0.25) is 14.0 Å². The lowest BCUT2D eigenvalue weighted by Gasteiger charge is -2.28. The molecular formula is C25H33F5N4O4S. The van der Waals surface area contributed by atoms with Crippen LogP contribution in [0.25, 0.3) is 11.3 Å². The summed E-state index contributed by atoms with van der Waals surface area (Å²) in [5, 5.41) is 7.25. The van der Waals surface area contributed by atoms with Gasteiger partial charge in [0, 0.05) is 30.3 Å². The summed E-state index contributed by atoms with van der Waals surface area (Å²) < 4.78 is 94.3. The summed E-state index contributed by atoms with van der Waals surface area (Å²) in [6.45, 7) is 1.88. The Balaban J connectivity index is 1.81. The van der Waals surface area contributed by atoms with Crippen LogP contribution in [0.5, 0.6) is 5.75 Å². The monoisotopic (exact) mass is 580 g/mol. The van der Waals surface area contributed by atoms with Gasteiger partial charge in [-0.1, -0.05) is 13.0 Å². The van der Waals surface area contributed by atoms with Crippen molar-refractivity contribution in [2.45, 2.75) is 78.2 Å². The first-order valence-electron chi connectivity index (χ1n) is 12.7. The fraction of sp³-hybridized carbons (Fsp3) is 0.600. The highest BCUT2D eigenvalue weighted by Gasteiger charge is 2.36. The number of nitrogens with zero attached hydrogens (tertiary/aromatic N) is 2. The lowest BCUT2D eigenvalue weighted by molar-refractivity contribution is -0.169. The van der Waals surface area contributed by atoms with Gasteiger partial charge >= 0.3 is 12.8 Å². The van der Waals surface area contributed by atoms with E-state index in [1.807, 2.05) is 0 Å². The minimum atomic E-state index is -4.43. The molecule has 2 aromatic rings. The molecule has 0 aliphatic heterocycles. The number of carbonyl (C=O) groups is 1. The zero-order valence-electron chi connectivity index (χ0n) is 21.9. The zero-order valence-corrected chi connectivity index (χ0v) is 22.7. The molecule has 1 amide bonds. The summed E-state index contributed by atoms with van der Waals surface area (Å²) in [5.41, 5.74) is 1.26. The molecule has 2 atom stereocenters. The van der Waals surface area contributed by atoms with Crippen LogP contribution in [-0.2, 0) is 24.2 Å². The maximum absolute atomic E-state index is 13.3. The number of hydrogen-bond donors (Lipinski definition) is 3. The van der Waals surface area contributed by atoms with Gasteiger partial charge in [0.05, 0.1) is 11.6 Å². The number of aromatic nitrogens is 2. The van der Waals surface area contributed by atoms with Gasteiger partial charge in [0.2, 0.25) is 11.3 Å². The number of nitrogens with one attached hydrogen (secondary N) is 2. The number of benzene rings is 1. The van der Waals surface area contributed by atoms with E-state index in [-0.39, 0.29) is 34.5 Å². The molecule has 1 aromatic heterocycles. The first-order chi connectivity index (χ1) is 18.3. The van der Waals surface area contributed by atoms with Crippen molar-refractivity contribution >= 4 is 17.2 Å². The maximum atomic E-state index is 13.3. The fourth-order valence-corrected chi connectivity index (χ4v) is 5.36. The number of halogens is 5. The third-order valence-electron chi connectivity index (χ3n) is 6.99. The average Bonchev–Trinajstić information content (AvgIpc) is 3.18. The van der Waals surface area contributed by atoms with E-state index in [0.29, 0.717) is 37.2 Å². The first kappa shape index (κ1) is 31.0. The Kier molecular flexibility index (Phi) is 10.5. The highest BCUT2D eigenvalue weighted by molar-refractivity contribution is 7.77. The van der Waals surface area contributed by atoms with Gasteiger partial charge in [0.1, 0.15) is 5.75 Å². The molecule has 1 saturated carbocycles. The fourth-order valence-electron chi connectivity index (χ4n) is 4.84. The zero-order chi connectivity index (χ0) is 28.9. The van der Waals surface area contributed by atoms with E-state index in [1.54, 1.807) is 13.8 Å². The van der Waals surface area contributed by atoms with Gasteiger partial charge in [-0.2, -0.15) is 27.1 Å². The predicted molar refractivity (Wildman–Crippen MR) is 136 cm³/mol. The summed E-state index contributed by atoms with van der Waals surface area (Å²) in [6.07, 6.45) is -1.92. The van der Waals surface area contributed by atoms with Crippen molar-refractivity contribution in [3.63, 3.8) is 0 Å². The van der Waals surface area contributed by atoms with Crippen LogP contribution in [-0.4, -0.2) is 49.8 Å². The Morgan fingerprint density at radius 1 is 1.26 bits per heavy atom. The second-order valence-corrected chi connectivity index (χ2v) is 10.5. The Bertz CT molecular complexity index is 1170. The molecule has 14 heteroatoms. The van der Waals surface area contributed by atoms with Crippen molar-refractivity contribution in [2.24, 2.45) is 11.8 Å². The molecule has 0 saturated heterocycles. The van der Waals surface area contributed by atoms with Crippen LogP contribution in [0.1, 0.15) is 61.1 Å². The maximum Gasteiger partial charge on any atom is 0.391 e. The molecule has 1 aromatic carbocycles. The quantitative estimate of drug-likeness (QED) is 0.249. The van der Waals surface area contributed by atoms with Crippen LogP contribution in [0.2, 0.25) is 0 Å². The van der Waals surface area contributed by atoms with E-state index in [4.69, 9.17) is 9.29 Å². The molecule has 3 N–H and O–H groups in total. The number of rotatable bonds is 11. The van der Waals surface area contributed by atoms with E-state index in [1.165, 1.54) is 22.9 Å². The van der Waals surface area contributed by atoms with Crippen molar-refractivity contribution < 1.29 is 40.2 Å². The van der Waals surface area contributed by atoms with Crippen LogP contribution in [0.3, 0.4) is 0 Å². The van der Waals surface area contributed by atoms with Crippen molar-refractivity contribution in [1.29, 1.82) is 0 Å². The summed E-state index contributed by atoms with van der Waals surface area (Å²) in [7, 11) is 0. The molecule has 1 aliphatic carbocycles. The molecule has 8 nitrogen and oxygen atoms in total. The van der Waals surface area contributed by atoms with Crippen molar-refractivity contribution in [3.05, 3.63) is 35.0 Å². The lowest BCUT2D eigenvalue weighted by Crippen LogP contribution is -2.37. The Hall–Kier alpha value is -2.58. The topological polar surface area (TPSA) is 105 Å². The molecule has 1 unspecified atom stereocenters. The van der Waals surface area contributed by atoms with Gasteiger partial charge in [0.25, 0.3) is 5.91 Å². The smallest absolute Gasteiger partial charge is 0.391 e. The molecule has 39 heavy (non-hydrogen) atoms. The normalized spacial score (nSPS) is 19.6. The molecule has 218 valence electrons. The van der Waals surface area contributed by atoms with Crippen LogP contribution < -0.4 is 14.8 Å². The average molecular weight is 581 g/mol. The summed E-state index contributed by atoms with van der Waals surface area (Å²) in [6, 6.07) is 3.97. The Morgan fingerprint density at radius 3 is 2.49 bits per heavy atom. The van der Waals surface area contributed by atoms with E-state index in [2.05, 4.69) is 15.1 Å². The summed E-state index contributed by atoms with van der Waals surface area (Å²) >= 11 is -2.07. The minimum Gasteiger partial charge on any atom is -0.434 e. The van der Waals surface area contributed by atoms with Crippen LogP contribution in [0.4, 0.5) is 22.0 Å². The molecule has 1 heterocycles.